The van der Waals surface area contributed by atoms with Crippen molar-refractivity contribution >= 4 is 18.0 Å². The van der Waals surface area contributed by atoms with Gasteiger partial charge in [-0.1, -0.05) is 78.9 Å². The molecule has 8 heteroatoms. The Morgan fingerprint density at radius 3 is 2.20 bits per heavy atom. The molecule has 0 bridgehead atoms. The molecule has 0 spiro atoms. The van der Waals surface area contributed by atoms with Crippen LogP contribution in [0, 0.1) is 0 Å². The fraction of sp³-hybridized carbons (Fsp3) is 0.344. The summed E-state index contributed by atoms with van der Waals surface area (Å²) in [4.78, 5) is 40.1. The number of benzene rings is 3. The second-order valence-electron chi connectivity index (χ2n) is 10.3. The Morgan fingerprint density at radius 1 is 0.925 bits per heavy atom. The van der Waals surface area contributed by atoms with Crippen molar-refractivity contribution in [2.24, 2.45) is 0 Å². The smallest absolute Gasteiger partial charge is 0.407 e. The molecule has 1 aliphatic carbocycles. The predicted molar refractivity (Wildman–Crippen MR) is 150 cm³/mol. The number of fused-ring (bicyclic) bond motifs is 3. The molecular formula is C32H34N2O6. The van der Waals surface area contributed by atoms with Gasteiger partial charge in [-0.15, -0.1) is 0 Å². The minimum atomic E-state index is -1.11. The molecule has 2 N–H and O–H groups in total. The third-order valence-corrected chi connectivity index (χ3v) is 7.78. The van der Waals surface area contributed by atoms with Crippen LogP contribution in [0.15, 0.2) is 78.9 Å². The lowest BCUT2D eigenvalue weighted by Gasteiger charge is -2.36. The Labute approximate surface area is 233 Å². The maximum Gasteiger partial charge on any atom is 0.407 e. The molecule has 1 saturated heterocycles. The van der Waals surface area contributed by atoms with Crippen molar-refractivity contribution in [3.05, 3.63) is 95.6 Å². The lowest BCUT2D eigenvalue weighted by atomic mass is 9.98. The fourth-order valence-corrected chi connectivity index (χ4v) is 5.68. The Kier molecular flexibility index (Phi) is 8.45. The van der Waals surface area contributed by atoms with Gasteiger partial charge >= 0.3 is 12.1 Å². The van der Waals surface area contributed by atoms with E-state index in [1.807, 2.05) is 66.7 Å². The molecular weight excluding hydrogens is 508 g/mol. The van der Waals surface area contributed by atoms with Crippen molar-refractivity contribution in [2.45, 2.75) is 56.9 Å². The van der Waals surface area contributed by atoms with Gasteiger partial charge in [-0.25, -0.2) is 9.59 Å². The number of amides is 2. The number of likely N-dealkylation sites (tertiary alicyclic amines) is 1. The van der Waals surface area contributed by atoms with Crippen LogP contribution >= 0.6 is 0 Å². The highest BCUT2D eigenvalue weighted by Crippen LogP contribution is 2.44. The zero-order valence-corrected chi connectivity index (χ0v) is 22.5. The van der Waals surface area contributed by atoms with Crippen molar-refractivity contribution < 1.29 is 29.0 Å². The van der Waals surface area contributed by atoms with Crippen molar-refractivity contribution in [1.29, 1.82) is 0 Å². The quantitative estimate of drug-likeness (QED) is 0.396. The van der Waals surface area contributed by atoms with Crippen molar-refractivity contribution in [3.8, 4) is 11.1 Å². The Hall–Kier alpha value is -4.17. The highest BCUT2D eigenvalue weighted by Gasteiger charge is 2.39. The summed E-state index contributed by atoms with van der Waals surface area (Å²) < 4.78 is 11.7. The molecule has 0 aromatic heterocycles. The first-order valence-corrected chi connectivity index (χ1v) is 13.7. The summed E-state index contributed by atoms with van der Waals surface area (Å²) in [6, 6.07) is 23.6. The standard InChI is InChI=1S/C32H34N2O6/c1-21(39-19-22-11-3-2-4-12-22)29(30(35)34-18-10-9-17-28(34)31(36)37)33-32(38)40-20-27-25-15-7-5-13-23(25)24-14-6-8-16-26(24)27/h2-8,11-16,21,27-29H,9-10,17-20H2,1H3,(H,33,38)(H,36,37)/t21-,28?,29+/m0/s1. The monoisotopic (exact) mass is 542 g/mol. The van der Waals surface area contributed by atoms with Crippen molar-refractivity contribution in [3.63, 3.8) is 0 Å². The lowest BCUT2D eigenvalue weighted by Crippen LogP contribution is -2.59. The SMILES string of the molecule is C[C@H](OCc1ccccc1)[C@@H](NC(=O)OCC1c2ccccc2-c2ccccc21)C(=O)N1CCCCC1C(=O)O. The summed E-state index contributed by atoms with van der Waals surface area (Å²) in [6.45, 7) is 2.35. The number of nitrogens with zero attached hydrogens (tertiary/aromatic N) is 1. The molecule has 3 aromatic rings. The average molecular weight is 543 g/mol. The van der Waals surface area contributed by atoms with Crippen LogP contribution in [0.3, 0.4) is 0 Å². The van der Waals surface area contributed by atoms with E-state index >= 15 is 0 Å². The van der Waals surface area contributed by atoms with Gasteiger partial charge in [0.1, 0.15) is 18.7 Å². The number of rotatable bonds is 9. The molecule has 2 aliphatic rings. The van der Waals surface area contributed by atoms with Gasteiger partial charge in [-0.3, -0.25) is 4.79 Å². The minimum absolute atomic E-state index is 0.0987. The maximum atomic E-state index is 13.7. The molecule has 1 heterocycles. The van der Waals surface area contributed by atoms with Gasteiger partial charge in [0.2, 0.25) is 5.91 Å². The highest BCUT2D eigenvalue weighted by atomic mass is 16.5. The molecule has 8 nitrogen and oxygen atoms in total. The second kappa shape index (κ2) is 12.3. The first-order valence-electron chi connectivity index (χ1n) is 13.7. The number of carbonyl (C=O) groups is 3. The number of alkyl carbamates (subject to hydrolysis) is 1. The van der Waals surface area contributed by atoms with Gasteiger partial charge < -0.3 is 24.8 Å². The molecule has 1 fully saturated rings. The van der Waals surface area contributed by atoms with Crippen LogP contribution in [-0.2, 0) is 25.7 Å². The number of aliphatic carboxylic acids is 1. The van der Waals surface area contributed by atoms with E-state index in [9.17, 15) is 19.5 Å². The number of piperidine rings is 1. The summed E-state index contributed by atoms with van der Waals surface area (Å²) in [5.41, 5.74) is 5.33. The topological polar surface area (TPSA) is 105 Å². The Bertz CT molecular complexity index is 1310. The van der Waals surface area contributed by atoms with Gasteiger partial charge in [0.15, 0.2) is 0 Å². The van der Waals surface area contributed by atoms with E-state index < -0.39 is 36.2 Å². The molecule has 5 rings (SSSR count). The van der Waals surface area contributed by atoms with E-state index in [0.29, 0.717) is 19.4 Å². The van der Waals surface area contributed by atoms with Crippen LogP contribution < -0.4 is 5.32 Å². The van der Waals surface area contributed by atoms with Gasteiger partial charge in [-0.2, -0.15) is 0 Å². The molecule has 2 amide bonds. The van der Waals surface area contributed by atoms with E-state index in [-0.39, 0.29) is 19.1 Å². The molecule has 1 aliphatic heterocycles. The number of ether oxygens (including phenoxy) is 2. The first-order chi connectivity index (χ1) is 19.4. The van der Waals surface area contributed by atoms with E-state index in [4.69, 9.17) is 9.47 Å². The van der Waals surface area contributed by atoms with Crippen LogP contribution in [-0.4, -0.2) is 59.3 Å². The summed E-state index contributed by atoms with van der Waals surface area (Å²) in [6.07, 6.45) is 0.319. The number of nitrogens with one attached hydrogen (secondary N) is 1. The number of carboxylic acid groups (broad SMARTS) is 1. The first kappa shape index (κ1) is 27.4. The minimum Gasteiger partial charge on any atom is -0.480 e. The Morgan fingerprint density at radius 2 is 1.55 bits per heavy atom. The molecule has 1 unspecified atom stereocenters. The van der Waals surface area contributed by atoms with Crippen LogP contribution in [0.25, 0.3) is 11.1 Å². The summed E-state index contributed by atoms with van der Waals surface area (Å²) in [7, 11) is 0. The van der Waals surface area contributed by atoms with E-state index in [0.717, 1.165) is 34.2 Å². The molecule has 208 valence electrons. The van der Waals surface area contributed by atoms with Crippen molar-refractivity contribution in [2.75, 3.05) is 13.2 Å². The summed E-state index contributed by atoms with van der Waals surface area (Å²) in [5.74, 6) is -1.66. The predicted octanol–water partition coefficient (Wildman–Crippen LogP) is 4.96. The third-order valence-electron chi connectivity index (χ3n) is 7.78. The summed E-state index contributed by atoms with van der Waals surface area (Å²) in [5, 5.41) is 12.5. The van der Waals surface area contributed by atoms with Gasteiger partial charge in [0.25, 0.3) is 0 Å². The largest absolute Gasteiger partial charge is 0.480 e. The number of hydrogen-bond acceptors (Lipinski definition) is 5. The van der Waals surface area contributed by atoms with Crippen LogP contribution in [0.4, 0.5) is 4.79 Å². The van der Waals surface area contributed by atoms with E-state index in [1.54, 1.807) is 6.92 Å². The van der Waals surface area contributed by atoms with E-state index in [2.05, 4.69) is 17.4 Å². The van der Waals surface area contributed by atoms with E-state index in [1.165, 1.54) is 4.90 Å². The zero-order chi connectivity index (χ0) is 28.1. The molecule has 0 radical (unpaired) electrons. The number of carboxylic acids is 1. The van der Waals surface area contributed by atoms with Gasteiger partial charge in [0.05, 0.1) is 12.7 Å². The second-order valence-corrected chi connectivity index (χ2v) is 10.3. The fourth-order valence-electron chi connectivity index (χ4n) is 5.68. The number of hydrogen-bond donors (Lipinski definition) is 2. The Balaban J connectivity index is 1.31. The normalized spacial score (nSPS) is 17.8. The zero-order valence-electron chi connectivity index (χ0n) is 22.5. The molecule has 3 atom stereocenters. The van der Waals surface area contributed by atoms with Crippen LogP contribution in [0.5, 0.6) is 0 Å². The maximum absolute atomic E-state index is 13.7. The van der Waals surface area contributed by atoms with Gasteiger partial charge in [0, 0.05) is 12.5 Å². The van der Waals surface area contributed by atoms with Crippen LogP contribution in [0.2, 0.25) is 0 Å². The molecule has 3 aromatic carbocycles. The van der Waals surface area contributed by atoms with Crippen molar-refractivity contribution in [1.82, 2.24) is 10.2 Å². The average Bonchev–Trinajstić information content (AvgIpc) is 3.31. The molecule has 40 heavy (non-hydrogen) atoms. The van der Waals surface area contributed by atoms with Crippen LogP contribution in [0.1, 0.15) is 48.8 Å². The highest BCUT2D eigenvalue weighted by molar-refractivity contribution is 5.90. The van der Waals surface area contributed by atoms with Gasteiger partial charge in [-0.05, 0) is 54.0 Å². The lowest BCUT2D eigenvalue weighted by molar-refractivity contribution is -0.154. The summed E-state index contributed by atoms with van der Waals surface area (Å²) >= 11 is 0. The number of carbonyl (C=O) groups excluding carboxylic acids is 2. The third kappa shape index (κ3) is 5.87. The molecule has 0 saturated carbocycles.